The molecule has 0 saturated heterocycles. The Labute approximate surface area is 141 Å². The number of aromatic nitrogens is 2. The van der Waals surface area contributed by atoms with Gasteiger partial charge in [0.2, 0.25) is 5.91 Å². The lowest BCUT2D eigenvalue weighted by Gasteiger charge is -2.22. The highest BCUT2D eigenvalue weighted by molar-refractivity contribution is 6.31. The maximum Gasteiger partial charge on any atom is 0.330 e. The molecule has 0 aliphatic heterocycles. The van der Waals surface area contributed by atoms with Crippen molar-refractivity contribution in [2.45, 2.75) is 46.7 Å². The van der Waals surface area contributed by atoms with Gasteiger partial charge in [0.05, 0.1) is 12.8 Å². The lowest BCUT2D eigenvalue weighted by molar-refractivity contribution is -0.148. The van der Waals surface area contributed by atoms with Gasteiger partial charge in [0.1, 0.15) is 10.7 Å². The van der Waals surface area contributed by atoms with Crippen LogP contribution in [0.5, 0.6) is 0 Å². The summed E-state index contributed by atoms with van der Waals surface area (Å²) in [5.41, 5.74) is 0.335. The molecule has 1 aromatic rings. The number of methoxy groups -OCH3 is 1. The lowest BCUT2D eigenvalue weighted by Crippen LogP contribution is -2.49. The zero-order chi connectivity index (χ0) is 17.8. The number of aryl methyl sites for hydroxylation is 1. The number of esters is 1. The Morgan fingerprint density at radius 3 is 2.57 bits per heavy atom. The smallest absolute Gasteiger partial charge is 0.330 e. The zero-order valence-electron chi connectivity index (χ0n) is 14.4. The SMILES string of the molecule is COC(=O)C(C)(C)NC(=O)/C=C\c1c(C)nn(CC(C)C)c1Cl. The summed E-state index contributed by atoms with van der Waals surface area (Å²) in [5, 5.41) is 7.45. The molecule has 23 heavy (non-hydrogen) atoms. The van der Waals surface area contributed by atoms with Crippen LogP contribution in [0.2, 0.25) is 5.15 Å². The van der Waals surface area contributed by atoms with Crippen LogP contribution in [0.15, 0.2) is 6.08 Å². The lowest BCUT2D eigenvalue weighted by atomic mass is 10.1. The number of nitrogens with zero attached hydrogens (tertiary/aromatic N) is 2. The number of ether oxygens (including phenoxy) is 1. The van der Waals surface area contributed by atoms with Gasteiger partial charge < -0.3 is 10.1 Å². The molecule has 1 rings (SSSR count). The molecule has 0 unspecified atom stereocenters. The first-order chi connectivity index (χ1) is 10.6. The average molecular weight is 342 g/mol. The van der Waals surface area contributed by atoms with Crippen LogP contribution in [0.3, 0.4) is 0 Å². The second kappa shape index (κ2) is 7.64. The fraction of sp³-hybridized carbons (Fsp3) is 0.562. The molecule has 0 fully saturated rings. The molecule has 1 aromatic heterocycles. The average Bonchev–Trinajstić information content (AvgIpc) is 2.69. The van der Waals surface area contributed by atoms with Gasteiger partial charge in [-0.15, -0.1) is 0 Å². The molecule has 128 valence electrons. The Morgan fingerprint density at radius 1 is 1.43 bits per heavy atom. The van der Waals surface area contributed by atoms with E-state index < -0.39 is 17.4 Å². The molecule has 0 aromatic carbocycles. The fourth-order valence-corrected chi connectivity index (χ4v) is 2.34. The van der Waals surface area contributed by atoms with Crippen molar-refractivity contribution in [2.75, 3.05) is 7.11 Å². The summed E-state index contributed by atoms with van der Waals surface area (Å²) in [6.45, 7) is 9.83. The van der Waals surface area contributed by atoms with E-state index in [1.807, 2.05) is 6.92 Å². The van der Waals surface area contributed by atoms with Crippen LogP contribution in [0.4, 0.5) is 0 Å². The van der Waals surface area contributed by atoms with Crippen LogP contribution >= 0.6 is 11.6 Å². The van der Waals surface area contributed by atoms with Crippen LogP contribution in [-0.2, 0) is 20.9 Å². The third-order valence-electron chi connectivity index (χ3n) is 3.18. The van der Waals surface area contributed by atoms with E-state index in [9.17, 15) is 9.59 Å². The Bertz CT molecular complexity index is 618. The van der Waals surface area contributed by atoms with Crippen molar-refractivity contribution in [3.8, 4) is 0 Å². The first-order valence-electron chi connectivity index (χ1n) is 7.40. The van der Waals surface area contributed by atoms with Crippen LogP contribution in [0.1, 0.15) is 39.0 Å². The van der Waals surface area contributed by atoms with Gasteiger partial charge in [0, 0.05) is 18.2 Å². The molecular formula is C16H24ClN3O3. The minimum Gasteiger partial charge on any atom is -0.467 e. The summed E-state index contributed by atoms with van der Waals surface area (Å²) in [4.78, 5) is 23.5. The Kier molecular flexibility index (Phi) is 6.38. The topological polar surface area (TPSA) is 73.2 Å². The second-order valence-electron chi connectivity index (χ2n) is 6.31. The van der Waals surface area contributed by atoms with Gasteiger partial charge in [0.15, 0.2) is 0 Å². The van der Waals surface area contributed by atoms with Crippen LogP contribution < -0.4 is 5.32 Å². The summed E-state index contributed by atoms with van der Waals surface area (Å²) in [6.07, 6.45) is 2.94. The van der Waals surface area contributed by atoms with Gasteiger partial charge in [-0.3, -0.25) is 9.48 Å². The van der Waals surface area contributed by atoms with Gasteiger partial charge in [-0.1, -0.05) is 25.4 Å². The first kappa shape index (κ1) is 19.2. The van der Waals surface area contributed by atoms with Crippen molar-refractivity contribution in [1.29, 1.82) is 0 Å². The fourth-order valence-electron chi connectivity index (χ4n) is 2.04. The molecule has 1 amide bonds. The van der Waals surface area contributed by atoms with Crippen molar-refractivity contribution < 1.29 is 14.3 Å². The number of hydrogen-bond donors (Lipinski definition) is 1. The van der Waals surface area contributed by atoms with Crippen molar-refractivity contribution >= 4 is 29.6 Å². The van der Waals surface area contributed by atoms with Crippen molar-refractivity contribution in [2.24, 2.45) is 5.92 Å². The molecular weight excluding hydrogens is 318 g/mol. The maximum absolute atomic E-state index is 12.0. The van der Waals surface area contributed by atoms with Crippen molar-refractivity contribution in [3.63, 3.8) is 0 Å². The molecule has 1 heterocycles. The molecule has 0 radical (unpaired) electrons. The van der Waals surface area contributed by atoms with Crippen LogP contribution in [0.25, 0.3) is 6.08 Å². The summed E-state index contributed by atoms with van der Waals surface area (Å²) in [6, 6.07) is 0. The van der Waals surface area contributed by atoms with Crippen LogP contribution in [0, 0.1) is 12.8 Å². The Morgan fingerprint density at radius 2 is 2.04 bits per heavy atom. The highest BCUT2D eigenvalue weighted by atomic mass is 35.5. The number of rotatable bonds is 6. The Balaban J connectivity index is 2.87. The summed E-state index contributed by atoms with van der Waals surface area (Å²) >= 11 is 6.31. The van der Waals surface area contributed by atoms with Gasteiger partial charge in [-0.2, -0.15) is 5.10 Å². The van der Waals surface area contributed by atoms with E-state index in [1.54, 1.807) is 24.6 Å². The van der Waals surface area contributed by atoms with E-state index in [1.165, 1.54) is 13.2 Å². The van der Waals surface area contributed by atoms with Crippen molar-refractivity contribution in [3.05, 3.63) is 22.5 Å². The predicted molar refractivity (Wildman–Crippen MR) is 90.1 cm³/mol. The summed E-state index contributed by atoms with van der Waals surface area (Å²) in [7, 11) is 1.28. The van der Waals surface area contributed by atoms with Crippen LogP contribution in [-0.4, -0.2) is 34.3 Å². The molecule has 0 atom stereocenters. The summed E-state index contributed by atoms with van der Waals surface area (Å²) < 4.78 is 6.36. The standard InChI is InChI=1S/C16H24ClN3O3/c1-10(2)9-20-14(17)12(11(3)19-20)7-8-13(21)18-16(4,5)15(22)23-6/h7-8,10H,9H2,1-6H3,(H,18,21)/b8-7-. The largest absolute Gasteiger partial charge is 0.467 e. The third kappa shape index (κ3) is 5.10. The normalized spacial score (nSPS) is 12.0. The number of hydrogen-bond acceptors (Lipinski definition) is 4. The van der Waals surface area contributed by atoms with Gasteiger partial charge in [0.25, 0.3) is 0 Å². The quantitative estimate of drug-likeness (QED) is 0.637. The van der Waals surface area contributed by atoms with E-state index in [0.29, 0.717) is 23.2 Å². The number of nitrogens with one attached hydrogen (secondary N) is 1. The molecule has 0 aliphatic carbocycles. The van der Waals surface area contributed by atoms with E-state index in [0.717, 1.165) is 5.69 Å². The number of carbonyl (C=O) groups excluding carboxylic acids is 2. The minimum absolute atomic E-state index is 0.410. The highest BCUT2D eigenvalue weighted by Crippen LogP contribution is 2.22. The van der Waals surface area contributed by atoms with Gasteiger partial charge in [-0.05, 0) is 32.8 Å². The molecule has 0 spiro atoms. The number of amides is 1. The maximum atomic E-state index is 12.0. The third-order valence-corrected chi connectivity index (χ3v) is 3.58. The first-order valence-corrected chi connectivity index (χ1v) is 7.77. The van der Waals surface area contributed by atoms with Gasteiger partial charge in [-0.25, -0.2) is 4.79 Å². The minimum atomic E-state index is -1.10. The molecule has 0 bridgehead atoms. The number of carbonyl (C=O) groups is 2. The molecule has 7 heteroatoms. The summed E-state index contributed by atoms with van der Waals surface area (Å²) in [5.74, 6) is -0.515. The second-order valence-corrected chi connectivity index (χ2v) is 6.66. The highest BCUT2D eigenvalue weighted by Gasteiger charge is 2.29. The molecule has 0 aliphatic rings. The van der Waals surface area contributed by atoms with E-state index in [2.05, 4.69) is 29.0 Å². The zero-order valence-corrected chi connectivity index (χ0v) is 15.2. The van der Waals surface area contributed by atoms with E-state index in [-0.39, 0.29) is 0 Å². The van der Waals surface area contributed by atoms with E-state index >= 15 is 0 Å². The Hall–Kier alpha value is -1.82. The van der Waals surface area contributed by atoms with Gasteiger partial charge >= 0.3 is 5.97 Å². The monoisotopic (exact) mass is 341 g/mol. The molecule has 6 nitrogen and oxygen atoms in total. The predicted octanol–water partition coefficient (Wildman–Crippen LogP) is 2.58. The molecule has 1 N–H and O–H groups in total. The van der Waals surface area contributed by atoms with Crippen molar-refractivity contribution in [1.82, 2.24) is 15.1 Å². The number of halogens is 1. The van der Waals surface area contributed by atoms with E-state index in [4.69, 9.17) is 11.6 Å². The molecule has 0 saturated carbocycles.